The molecule has 1 aliphatic heterocycles. The molecule has 1 aliphatic rings. The van der Waals surface area contributed by atoms with Crippen molar-refractivity contribution in [2.75, 3.05) is 18.4 Å². The summed E-state index contributed by atoms with van der Waals surface area (Å²) in [5, 5.41) is 16.4. The van der Waals surface area contributed by atoms with Gasteiger partial charge in [0.1, 0.15) is 12.1 Å². The number of benzene rings is 2. The summed E-state index contributed by atoms with van der Waals surface area (Å²) >= 11 is 0. The summed E-state index contributed by atoms with van der Waals surface area (Å²) in [5.41, 5.74) is 18.2. The number of non-ortho nitro benzene ring substituents is 1. The monoisotopic (exact) mass is 552 g/mol. The summed E-state index contributed by atoms with van der Waals surface area (Å²) in [6.07, 6.45) is 2.90. The number of nitrogens with one attached hydrogen (secondary N) is 2. The number of aliphatic imine (C=N–C) groups is 1. The zero-order valence-corrected chi connectivity index (χ0v) is 22.2. The van der Waals surface area contributed by atoms with E-state index in [1.54, 1.807) is 0 Å². The molecule has 0 radical (unpaired) electrons. The summed E-state index contributed by atoms with van der Waals surface area (Å²) in [7, 11) is 0. The molecule has 3 atom stereocenters. The highest BCUT2D eigenvalue weighted by atomic mass is 16.6. The largest absolute Gasteiger partial charge is 0.370 e. The standard InChI is InChI=1S/C27H36N8O5/c28-21(17-18-7-2-1-3-8-18)26(38)34-16-5-4-10-23(34)25(37)33-22(9-6-15-31-27(29)30)24(36)32-19-11-13-20(14-12-19)35(39)40/h1-3,7-8,11-14,21-23H,4-6,9-10,15-17,28H2,(H,32,36)(H,33,37)(H4,29,30,31)/t21-,22-,23-/m0/s1. The molecule has 13 nitrogen and oxygen atoms in total. The van der Waals surface area contributed by atoms with Gasteiger partial charge in [0, 0.05) is 30.9 Å². The van der Waals surface area contributed by atoms with E-state index in [2.05, 4.69) is 15.6 Å². The summed E-state index contributed by atoms with van der Waals surface area (Å²) in [6.45, 7) is 0.644. The van der Waals surface area contributed by atoms with Gasteiger partial charge in [-0.1, -0.05) is 30.3 Å². The van der Waals surface area contributed by atoms with Gasteiger partial charge in [-0.3, -0.25) is 29.5 Å². The molecule has 3 amide bonds. The van der Waals surface area contributed by atoms with Crippen LogP contribution in [0.1, 0.15) is 37.7 Å². The molecule has 1 saturated heterocycles. The van der Waals surface area contributed by atoms with Gasteiger partial charge in [-0.2, -0.15) is 0 Å². The van der Waals surface area contributed by atoms with Crippen molar-refractivity contribution in [3.8, 4) is 0 Å². The minimum atomic E-state index is -0.964. The Hall–Kier alpha value is -4.52. The molecule has 0 aromatic heterocycles. The minimum Gasteiger partial charge on any atom is -0.370 e. The molecular formula is C27H36N8O5. The molecule has 2 aromatic rings. The average molecular weight is 553 g/mol. The summed E-state index contributed by atoms with van der Waals surface area (Å²) in [6, 6.07) is 12.2. The third-order valence-corrected chi connectivity index (χ3v) is 6.63. The van der Waals surface area contributed by atoms with Crippen LogP contribution in [0.25, 0.3) is 0 Å². The fourth-order valence-electron chi connectivity index (χ4n) is 4.57. The molecule has 0 saturated carbocycles. The van der Waals surface area contributed by atoms with Crippen molar-refractivity contribution in [2.24, 2.45) is 22.2 Å². The van der Waals surface area contributed by atoms with Crippen LogP contribution in [0.4, 0.5) is 11.4 Å². The third-order valence-electron chi connectivity index (χ3n) is 6.63. The lowest BCUT2D eigenvalue weighted by Crippen LogP contribution is -2.58. The molecule has 214 valence electrons. The van der Waals surface area contributed by atoms with Crippen molar-refractivity contribution < 1.29 is 19.3 Å². The number of hydrogen-bond donors (Lipinski definition) is 5. The first-order valence-corrected chi connectivity index (χ1v) is 13.2. The van der Waals surface area contributed by atoms with Gasteiger partial charge in [-0.15, -0.1) is 0 Å². The predicted molar refractivity (Wildman–Crippen MR) is 151 cm³/mol. The molecule has 8 N–H and O–H groups in total. The average Bonchev–Trinajstić information content (AvgIpc) is 2.94. The van der Waals surface area contributed by atoms with Crippen molar-refractivity contribution in [2.45, 2.75) is 56.7 Å². The van der Waals surface area contributed by atoms with Gasteiger partial charge in [-0.25, -0.2) is 0 Å². The highest BCUT2D eigenvalue weighted by molar-refractivity contribution is 5.98. The molecule has 0 spiro atoms. The van der Waals surface area contributed by atoms with E-state index in [1.807, 2.05) is 30.3 Å². The predicted octanol–water partition coefficient (Wildman–Crippen LogP) is 1.02. The van der Waals surface area contributed by atoms with Gasteiger partial charge in [0.2, 0.25) is 17.7 Å². The van der Waals surface area contributed by atoms with Gasteiger partial charge in [0.25, 0.3) is 5.69 Å². The maximum atomic E-state index is 13.5. The van der Waals surface area contributed by atoms with E-state index in [-0.39, 0.29) is 30.5 Å². The van der Waals surface area contributed by atoms with Crippen molar-refractivity contribution in [1.29, 1.82) is 0 Å². The van der Waals surface area contributed by atoms with E-state index < -0.39 is 34.9 Å². The van der Waals surface area contributed by atoms with Crippen LogP contribution in [-0.4, -0.2) is 64.7 Å². The number of nitrogens with zero attached hydrogens (tertiary/aromatic N) is 3. The fraction of sp³-hybridized carbons (Fsp3) is 0.407. The van der Waals surface area contributed by atoms with Crippen LogP contribution in [0.15, 0.2) is 59.6 Å². The first kappa shape index (κ1) is 30.0. The van der Waals surface area contributed by atoms with Gasteiger partial charge in [-0.05, 0) is 56.2 Å². The van der Waals surface area contributed by atoms with Crippen molar-refractivity contribution in [3.63, 3.8) is 0 Å². The van der Waals surface area contributed by atoms with Crippen LogP contribution in [0, 0.1) is 10.1 Å². The van der Waals surface area contributed by atoms with Gasteiger partial charge in [0.15, 0.2) is 5.96 Å². The molecule has 1 heterocycles. The number of piperidine rings is 1. The molecule has 0 bridgehead atoms. The maximum Gasteiger partial charge on any atom is 0.269 e. The topological polar surface area (TPSA) is 212 Å². The molecule has 3 rings (SSSR count). The molecular weight excluding hydrogens is 516 g/mol. The minimum absolute atomic E-state index is 0.0841. The number of nitro groups is 1. The van der Waals surface area contributed by atoms with Crippen LogP contribution in [0.3, 0.4) is 0 Å². The summed E-state index contributed by atoms with van der Waals surface area (Å²) in [4.78, 5) is 55.7. The smallest absolute Gasteiger partial charge is 0.269 e. The van der Waals surface area contributed by atoms with Gasteiger partial charge < -0.3 is 32.7 Å². The Morgan fingerprint density at radius 3 is 2.42 bits per heavy atom. The number of anilines is 1. The van der Waals surface area contributed by atoms with Gasteiger partial charge in [0.05, 0.1) is 11.0 Å². The Labute approximate surface area is 232 Å². The van der Waals surface area contributed by atoms with E-state index >= 15 is 0 Å². The Bertz CT molecular complexity index is 1200. The Morgan fingerprint density at radius 1 is 1.07 bits per heavy atom. The number of likely N-dealkylation sites (tertiary alicyclic amines) is 1. The lowest BCUT2D eigenvalue weighted by molar-refractivity contribution is -0.384. The van der Waals surface area contributed by atoms with Crippen molar-refractivity contribution >= 4 is 35.1 Å². The number of hydrogen-bond acceptors (Lipinski definition) is 7. The van der Waals surface area contributed by atoms with Crippen molar-refractivity contribution in [1.82, 2.24) is 10.2 Å². The molecule has 13 heteroatoms. The second-order valence-electron chi connectivity index (χ2n) is 9.64. The second-order valence-corrected chi connectivity index (χ2v) is 9.64. The van der Waals surface area contributed by atoms with E-state index in [4.69, 9.17) is 17.2 Å². The molecule has 40 heavy (non-hydrogen) atoms. The van der Waals surface area contributed by atoms with Crippen molar-refractivity contribution in [3.05, 3.63) is 70.3 Å². The number of nitrogens with two attached hydrogens (primary N) is 3. The second kappa shape index (κ2) is 14.6. The van der Waals surface area contributed by atoms with Crippen LogP contribution in [0.5, 0.6) is 0 Å². The molecule has 2 aromatic carbocycles. The van der Waals surface area contributed by atoms with Crippen LogP contribution < -0.4 is 27.8 Å². The summed E-state index contributed by atoms with van der Waals surface area (Å²) < 4.78 is 0. The number of guanidine groups is 1. The first-order valence-electron chi connectivity index (χ1n) is 13.2. The number of carbonyl (C=O) groups is 3. The maximum absolute atomic E-state index is 13.5. The SMILES string of the molecule is NC(N)=NCCC[C@H](NC(=O)[C@@H]1CCCCN1C(=O)[C@@H](N)Cc1ccccc1)C(=O)Nc1ccc([N+](=O)[O-])cc1. The van der Waals surface area contributed by atoms with Crippen LogP contribution in [-0.2, 0) is 20.8 Å². The van der Waals surface area contributed by atoms with E-state index in [0.29, 0.717) is 31.5 Å². The lowest BCUT2D eigenvalue weighted by atomic mass is 9.98. The Morgan fingerprint density at radius 2 is 1.77 bits per heavy atom. The summed E-state index contributed by atoms with van der Waals surface area (Å²) in [5.74, 6) is -1.37. The molecule has 0 unspecified atom stereocenters. The Kier molecular flexibility index (Phi) is 10.9. The quantitative estimate of drug-likeness (QED) is 0.0841. The number of rotatable bonds is 12. The molecule has 0 aliphatic carbocycles. The highest BCUT2D eigenvalue weighted by Gasteiger charge is 2.36. The zero-order valence-electron chi connectivity index (χ0n) is 22.2. The van der Waals surface area contributed by atoms with Gasteiger partial charge >= 0.3 is 0 Å². The number of nitro benzene ring substituents is 1. The fourth-order valence-corrected chi connectivity index (χ4v) is 4.57. The van der Waals surface area contributed by atoms with E-state index in [9.17, 15) is 24.5 Å². The van der Waals surface area contributed by atoms with E-state index in [0.717, 1.165) is 18.4 Å². The molecule has 1 fully saturated rings. The van der Waals surface area contributed by atoms with Crippen LogP contribution in [0.2, 0.25) is 0 Å². The Balaban J connectivity index is 1.71. The number of carbonyl (C=O) groups excluding carboxylic acids is 3. The lowest BCUT2D eigenvalue weighted by Gasteiger charge is -2.37. The zero-order chi connectivity index (χ0) is 29.1. The normalized spacial score (nSPS) is 16.3. The number of amides is 3. The highest BCUT2D eigenvalue weighted by Crippen LogP contribution is 2.20. The third kappa shape index (κ3) is 8.76. The van der Waals surface area contributed by atoms with Crippen LogP contribution >= 0.6 is 0 Å². The first-order chi connectivity index (χ1) is 19.2. The van der Waals surface area contributed by atoms with E-state index in [1.165, 1.54) is 29.2 Å².